The highest BCUT2D eigenvalue weighted by molar-refractivity contribution is 7.89. The number of benzene rings is 2. The quantitative estimate of drug-likeness (QED) is 0.717. The number of primary sulfonamides is 2. The highest BCUT2D eigenvalue weighted by Gasteiger charge is 2.11. The van der Waals surface area contributed by atoms with Crippen LogP contribution >= 0.6 is 0 Å². The second kappa shape index (κ2) is 6.08. The maximum Gasteiger partial charge on any atom is 0.255 e. The Hall–Kier alpha value is -2.27. The molecule has 1 amide bonds. The largest absolute Gasteiger partial charge is 0.322 e. The predicted octanol–water partition coefficient (Wildman–Crippen LogP) is 0.234. The van der Waals surface area contributed by atoms with E-state index >= 15 is 0 Å². The van der Waals surface area contributed by atoms with Crippen LogP contribution in [0.15, 0.2) is 58.3 Å². The Morgan fingerprint density at radius 1 is 0.739 bits per heavy atom. The van der Waals surface area contributed by atoms with Gasteiger partial charge < -0.3 is 5.32 Å². The van der Waals surface area contributed by atoms with Crippen molar-refractivity contribution in [2.75, 3.05) is 5.32 Å². The standard InChI is InChI=1S/C13H13N3O5S2/c14-22(18,19)11-5-1-9(2-6-11)13(17)16-10-3-7-12(8-4-10)23(15,20)21/h1-8H,(H,16,17)(H2,14,18,19)(H2,15,20,21). The average Bonchev–Trinajstić information content (AvgIpc) is 2.46. The van der Waals surface area contributed by atoms with Crippen LogP contribution in [-0.4, -0.2) is 22.7 Å². The second-order valence-electron chi connectivity index (χ2n) is 4.59. The molecule has 0 radical (unpaired) electrons. The van der Waals surface area contributed by atoms with Crippen LogP contribution in [0.5, 0.6) is 0 Å². The van der Waals surface area contributed by atoms with E-state index in [1.165, 1.54) is 48.5 Å². The molecule has 0 fully saturated rings. The normalized spacial score (nSPS) is 11.9. The number of anilines is 1. The van der Waals surface area contributed by atoms with E-state index < -0.39 is 26.0 Å². The summed E-state index contributed by atoms with van der Waals surface area (Å²) in [6.45, 7) is 0. The number of amides is 1. The van der Waals surface area contributed by atoms with E-state index in [1.807, 2.05) is 0 Å². The summed E-state index contributed by atoms with van der Waals surface area (Å²) in [5.41, 5.74) is 0.575. The van der Waals surface area contributed by atoms with E-state index in [2.05, 4.69) is 5.32 Å². The molecule has 2 rings (SSSR count). The van der Waals surface area contributed by atoms with Crippen molar-refractivity contribution in [3.63, 3.8) is 0 Å². The van der Waals surface area contributed by atoms with Crippen molar-refractivity contribution in [2.45, 2.75) is 9.79 Å². The molecule has 0 bridgehead atoms. The molecular weight excluding hydrogens is 342 g/mol. The van der Waals surface area contributed by atoms with E-state index in [4.69, 9.17) is 10.3 Å². The van der Waals surface area contributed by atoms with Gasteiger partial charge in [0.05, 0.1) is 9.79 Å². The lowest BCUT2D eigenvalue weighted by atomic mass is 10.2. The van der Waals surface area contributed by atoms with Crippen LogP contribution in [0.3, 0.4) is 0 Å². The summed E-state index contributed by atoms with van der Waals surface area (Å²) in [5.74, 6) is -0.491. The number of rotatable bonds is 4. The summed E-state index contributed by atoms with van der Waals surface area (Å²) in [7, 11) is -7.62. The molecule has 0 unspecified atom stereocenters. The van der Waals surface area contributed by atoms with E-state index in [-0.39, 0.29) is 15.4 Å². The molecule has 0 saturated carbocycles. The van der Waals surface area contributed by atoms with Gasteiger partial charge in [-0.1, -0.05) is 0 Å². The Morgan fingerprint density at radius 2 is 1.13 bits per heavy atom. The van der Waals surface area contributed by atoms with Crippen molar-refractivity contribution in [2.24, 2.45) is 10.3 Å². The number of carbonyl (C=O) groups is 1. The van der Waals surface area contributed by atoms with Gasteiger partial charge in [-0.2, -0.15) is 0 Å². The Morgan fingerprint density at radius 3 is 1.52 bits per heavy atom. The summed E-state index contributed by atoms with van der Waals surface area (Å²) < 4.78 is 44.5. The molecule has 0 aliphatic rings. The fourth-order valence-corrected chi connectivity index (χ4v) is 2.76. The van der Waals surface area contributed by atoms with Gasteiger partial charge in [0.25, 0.3) is 5.91 Å². The first-order valence-corrected chi connectivity index (χ1v) is 9.24. The maximum absolute atomic E-state index is 12.0. The Bertz CT molecular complexity index is 934. The molecule has 0 atom stereocenters. The van der Waals surface area contributed by atoms with Gasteiger partial charge in [0.2, 0.25) is 20.0 Å². The SMILES string of the molecule is NS(=O)(=O)c1ccc(NC(=O)c2ccc(S(N)(=O)=O)cc2)cc1. The predicted molar refractivity (Wildman–Crippen MR) is 83.6 cm³/mol. The minimum atomic E-state index is -3.82. The van der Waals surface area contributed by atoms with E-state index in [0.717, 1.165) is 0 Å². The summed E-state index contributed by atoms with van der Waals surface area (Å²) in [6, 6.07) is 10.3. The van der Waals surface area contributed by atoms with Gasteiger partial charge in [0, 0.05) is 11.3 Å². The number of carbonyl (C=O) groups excluding carboxylic acids is 1. The first-order valence-electron chi connectivity index (χ1n) is 6.14. The molecule has 5 N–H and O–H groups in total. The third kappa shape index (κ3) is 4.36. The second-order valence-corrected chi connectivity index (χ2v) is 7.72. The summed E-state index contributed by atoms with van der Waals surface area (Å²) in [5, 5.41) is 12.5. The fourth-order valence-electron chi connectivity index (χ4n) is 1.73. The molecule has 2 aromatic rings. The third-order valence-electron chi connectivity index (χ3n) is 2.89. The topological polar surface area (TPSA) is 149 Å². The van der Waals surface area contributed by atoms with Gasteiger partial charge in [-0.15, -0.1) is 0 Å². The van der Waals surface area contributed by atoms with Crippen LogP contribution in [0, 0.1) is 0 Å². The first-order chi connectivity index (χ1) is 10.6. The van der Waals surface area contributed by atoms with Crippen LogP contribution in [0.25, 0.3) is 0 Å². The molecule has 2 aromatic carbocycles. The molecule has 0 spiro atoms. The number of nitrogens with one attached hydrogen (secondary N) is 1. The molecule has 0 heterocycles. The monoisotopic (exact) mass is 355 g/mol. The number of hydrogen-bond donors (Lipinski definition) is 3. The molecule has 0 saturated heterocycles. The first kappa shape index (κ1) is 17.1. The number of sulfonamides is 2. The van der Waals surface area contributed by atoms with Crippen molar-refractivity contribution in [1.29, 1.82) is 0 Å². The van der Waals surface area contributed by atoms with Crippen molar-refractivity contribution in [3.05, 3.63) is 54.1 Å². The Balaban J connectivity index is 2.16. The van der Waals surface area contributed by atoms with Crippen molar-refractivity contribution < 1.29 is 21.6 Å². The van der Waals surface area contributed by atoms with E-state index in [1.54, 1.807) is 0 Å². The summed E-state index contributed by atoms with van der Waals surface area (Å²) in [4.78, 5) is 11.8. The molecule has 8 nitrogen and oxygen atoms in total. The van der Waals surface area contributed by atoms with Crippen molar-refractivity contribution in [1.82, 2.24) is 0 Å². The fraction of sp³-hybridized carbons (Fsp3) is 0. The minimum Gasteiger partial charge on any atom is -0.322 e. The zero-order valence-corrected chi connectivity index (χ0v) is 13.3. The Labute approximate surface area is 133 Å². The van der Waals surface area contributed by atoms with Gasteiger partial charge in [0.15, 0.2) is 0 Å². The lowest BCUT2D eigenvalue weighted by Gasteiger charge is -2.06. The van der Waals surface area contributed by atoms with Gasteiger partial charge in [-0.3, -0.25) is 4.79 Å². The molecule has 0 aliphatic heterocycles. The zero-order valence-electron chi connectivity index (χ0n) is 11.6. The lowest BCUT2D eigenvalue weighted by Crippen LogP contribution is -2.15. The van der Waals surface area contributed by atoms with Crippen LogP contribution in [0.1, 0.15) is 10.4 Å². The third-order valence-corrected chi connectivity index (χ3v) is 4.74. The summed E-state index contributed by atoms with van der Waals surface area (Å²) >= 11 is 0. The van der Waals surface area contributed by atoms with E-state index in [0.29, 0.717) is 5.69 Å². The van der Waals surface area contributed by atoms with Gasteiger partial charge >= 0.3 is 0 Å². The van der Waals surface area contributed by atoms with Gasteiger partial charge in [-0.05, 0) is 48.5 Å². The molecule has 23 heavy (non-hydrogen) atoms. The van der Waals surface area contributed by atoms with Crippen molar-refractivity contribution in [3.8, 4) is 0 Å². The minimum absolute atomic E-state index is 0.0759. The number of hydrogen-bond acceptors (Lipinski definition) is 5. The van der Waals surface area contributed by atoms with Crippen LogP contribution in [0.2, 0.25) is 0 Å². The molecular formula is C13H13N3O5S2. The van der Waals surface area contributed by atoms with Gasteiger partial charge in [-0.25, -0.2) is 27.1 Å². The molecule has 0 aromatic heterocycles. The smallest absolute Gasteiger partial charge is 0.255 e. The van der Waals surface area contributed by atoms with Crippen LogP contribution < -0.4 is 15.6 Å². The maximum atomic E-state index is 12.0. The lowest BCUT2D eigenvalue weighted by molar-refractivity contribution is 0.102. The highest BCUT2D eigenvalue weighted by Crippen LogP contribution is 2.15. The molecule has 10 heteroatoms. The highest BCUT2D eigenvalue weighted by atomic mass is 32.2. The van der Waals surface area contributed by atoms with Crippen LogP contribution in [0.4, 0.5) is 5.69 Å². The molecule has 0 aliphatic carbocycles. The van der Waals surface area contributed by atoms with Crippen LogP contribution in [-0.2, 0) is 20.0 Å². The zero-order chi connectivity index (χ0) is 17.3. The Kier molecular flexibility index (Phi) is 4.52. The number of nitrogens with two attached hydrogens (primary N) is 2. The van der Waals surface area contributed by atoms with Crippen molar-refractivity contribution >= 4 is 31.6 Å². The van der Waals surface area contributed by atoms with Gasteiger partial charge in [0.1, 0.15) is 0 Å². The average molecular weight is 355 g/mol. The summed E-state index contributed by atoms with van der Waals surface area (Å²) in [6.07, 6.45) is 0. The van der Waals surface area contributed by atoms with E-state index in [9.17, 15) is 21.6 Å². The molecule has 122 valence electrons.